The highest BCUT2D eigenvalue weighted by molar-refractivity contribution is 7.89. The van der Waals surface area contributed by atoms with Crippen molar-refractivity contribution in [3.05, 3.63) is 52.5 Å². The summed E-state index contributed by atoms with van der Waals surface area (Å²) >= 11 is 11.8. The lowest BCUT2D eigenvalue weighted by molar-refractivity contribution is -0.118. The highest BCUT2D eigenvalue weighted by atomic mass is 35.5. The maximum Gasteiger partial charge on any atom is 0.262 e. The summed E-state index contributed by atoms with van der Waals surface area (Å²) in [5.41, 5.74) is 0.423. The molecule has 0 unspecified atom stereocenters. The first-order valence-electron chi connectivity index (χ1n) is 8.21. The Balaban J connectivity index is 1.93. The summed E-state index contributed by atoms with van der Waals surface area (Å²) in [5.74, 6) is -0.0378. The quantitative estimate of drug-likeness (QED) is 0.660. The fraction of sp³-hybridized carbons (Fsp3) is 0.278. The number of hydrogen-bond acceptors (Lipinski definition) is 4. The van der Waals surface area contributed by atoms with Crippen LogP contribution in [-0.2, 0) is 14.8 Å². The molecule has 0 fully saturated rings. The first-order valence-corrected chi connectivity index (χ1v) is 10.4. The van der Waals surface area contributed by atoms with Crippen LogP contribution in [0.15, 0.2) is 47.4 Å². The molecule has 9 heteroatoms. The van der Waals surface area contributed by atoms with Crippen molar-refractivity contribution in [3.8, 4) is 5.75 Å². The van der Waals surface area contributed by atoms with Gasteiger partial charge < -0.3 is 10.1 Å². The van der Waals surface area contributed by atoms with Gasteiger partial charge in [-0.05, 0) is 55.8 Å². The molecule has 0 aliphatic carbocycles. The average Bonchev–Trinajstić information content (AvgIpc) is 2.62. The Labute approximate surface area is 168 Å². The first-order chi connectivity index (χ1) is 12.7. The Kier molecular flexibility index (Phi) is 7.49. The molecule has 1 amide bonds. The van der Waals surface area contributed by atoms with Crippen LogP contribution in [0.4, 0.5) is 5.69 Å². The normalized spacial score (nSPS) is 12.4. The number of sulfonamides is 1. The molecule has 2 aromatic rings. The highest BCUT2D eigenvalue weighted by Crippen LogP contribution is 2.25. The van der Waals surface area contributed by atoms with Gasteiger partial charge in [-0.1, -0.05) is 30.1 Å². The maximum absolute atomic E-state index is 12.2. The van der Waals surface area contributed by atoms with E-state index >= 15 is 0 Å². The molecule has 6 nitrogen and oxygen atoms in total. The zero-order chi connectivity index (χ0) is 20.0. The second-order valence-corrected chi connectivity index (χ2v) is 8.42. The van der Waals surface area contributed by atoms with Crippen LogP contribution in [0.5, 0.6) is 5.75 Å². The fourth-order valence-corrected chi connectivity index (χ4v) is 3.84. The van der Waals surface area contributed by atoms with E-state index < -0.39 is 15.9 Å². The van der Waals surface area contributed by atoms with E-state index in [0.717, 1.165) is 0 Å². The summed E-state index contributed by atoms with van der Waals surface area (Å²) < 4.78 is 32.4. The minimum atomic E-state index is -3.58. The molecule has 0 saturated heterocycles. The van der Waals surface area contributed by atoms with E-state index in [1.807, 2.05) is 6.92 Å². The van der Waals surface area contributed by atoms with Gasteiger partial charge in [0.15, 0.2) is 6.61 Å². The van der Waals surface area contributed by atoms with Crippen molar-refractivity contribution >= 4 is 44.8 Å². The number of anilines is 1. The fourth-order valence-electron chi connectivity index (χ4n) is 2.06. The molecule has 0 aromatic heterocycles. The minimum Gasteiger partial charge on any atom is -0.484 e. The molecule has 0 saturated carbocycles. The van der Waals surface area contributed by atoms with E-state index in [2.05, 4.69) is 10.0 Å². The van der Waals surface area contributed by atoms with Gasteiger partial charge in [-0.15, -0.1) is 0 Å². The van der Waals surface area contributed by atoms with Crippen molar-refractivity contribution in [3.63, 3.8) is 0 Å². The van der Waals surface area contributed by atoms with Crippen molar-refractivity contribution in [1.29, 1.82) is 0 Å². The van der Waals surface area contributed by atoms with Gasteiger partial charge in [-0.2, -0.15) is 0 Å². The molecule has 0 heterocycles. The van der Waals surface area contributed by atoms with Crippen molar-refractivity contribution in [2.75, 3.05) is 11.9 Å². The summed E-state index contributed by atoms with van der Waals surface area (Å²) in [6, 6.07) is 10.4. The Bertz CT molecular complexity index is 902. The zero-order valence-corrected chi connectivity index (χ0v) is 17.2. The SMILES string of the molecule is CC[C@@H](C)NS(=O)(=O)c1ccc(OCC(=O)Nc2ccc(Cl)cc2Cl)cc1. The number of amides is 1. The number of benzene rings is 2. The number of halogens is 2. The molecular formula is C18H20Cl2N2O4S. The zero-order valence-electron chi connectivity index (χ0n) is 14.8. The third kappa shape index (κ3) is 6.39. The van der Waals surface area contributed by atoms with E-state index in [9.17, 15) is 13.2 Å². The predicted octanol–water partition coefficient (Wildman–Crippen LogP) is 4.09. The molecule has 2 aromatic carbocycles. The number of rotatable bonds is 8. The molecule has 0 bridgehead atoms. The summed E-state index contributed by atoms with van der Waals surface area (Å²) in [5, 5.41) is 3.39. The van der Waals surface area contributed by atoms with Crippen LogP contribution in [0.25, 0.3) is 0 Å². The van der Waals surface area contributed by atoms with Gasteiger partial charge >= 0.3 is 0 Å². The molecule has 2 rings (SSSR count). The smallest absolute Gasteiger partial charge is 0.262 e. The molecule has 146 valence electrons. The standard InChI is InChI=1S/C18H20Cl2N2O4S/c1-3-12(2)22-27(24,25)15-7-5-14(6-8-15)26-11-18(23)21-17-9-4-13(19)10-16(17)20/h4-10,12,22H,3,11H2,1-2H3,(H,21,23)/t12-/m1/s1. The summed E-state index contributed by atoms with van der Waals surface area (Å²) in [6.45, 7) is 3.43. The van der Waals surface area contributed by atoms with Crippen molar-refractivity contribution in [2.24, 2.45) is 0 Å². The third-order valence-electron chi connectivity index (χ3n) is 3.68. The monoisotopic (exact) mass is 430 g/mol. The van der Waals surface area contributed by atoms with Gasteiger partial charge in [0.05, 0.1) is 15.6 Å². The van der Waals surface area contributed by atoms with E-state index in [0.29, 0.717) is 27.9 Å². The average molecular weight is 431 g/mol. The van der Waals surface area contributed by atoms with Crippen molar-refractivity contribution in [2.45, 2.75) is 31.2 Å². The Morgan fingerprint density at radius 1 is 1.15 bits per heavy atom. The van der Waals surface area contributed by atoms with E-state index in [-0.39, 0.29) is 17.5 Å². The van der Waals surface area contributed by atoms with Crippen LogP contribution in [0.1, 0.15) is 20.3 Å². The summed E-state index contributed by atoms with van der Waals surface area (Å²) in [7, 11) is -3.58. The second-order valence-electron chi connectivity index (χ2n) is 5.86. The largest absolute Gasteiger partial charge is 0.484 e. The van der Waals surface area contributed by atoms with E-state index in [1.165, 1.54) is 30.3 Å². The topological polar surface area (TPSA) is 84.5 Å². The molecular weight excluding hydrogens is 411 g/mol. The van der Waals surface area contributed by atoms with Crippen molar-refractivity contribution in [1.82, 2.24) is 4.72 Å². The molecule has 1 atom stereocenters. The summed E-state index contributed by atoms with van der Waals surface area (Å²) in [4.78, 5) is 12.1. The minimum absolute atomic E-state index is 0.132. The Morgan fingerprint density at radius 3 is 2.41 bits per heavy atom. The first kappa shape index (κ1) is 21.5. The van der Waals surface area contributed by atoms with Gasteiger partial charge in [0, 0.05) is 11.1 Å². The molecule has 2 N–H and O–H groups in total. The van der Waals surface area contributed by atoms with Gasteiger partial charge in [-0.3, -0.25) is 4.79 Å². The lowest BCUT2D eigenvalue weighted by Crippen LogP contribution is -2.31. The van der Waals surface area contributed by atoms with Gasteiger partial charge in [0.2, 0.25) is 10.0 Å². The van der Waals surface area contributed by atoms with Crippen LogP contribution in [-0.4, -0.2) is 27.0 Å². The number of nitrogens with one attached hydrogen (secondary N) is 2. The third-order valence-corrected chi connectivity index (χ3v) is 5.83. The van der Waals surface area contributed by atoms with Gasteiger partial charge in [0.1, 0.15) is 5.75 Å². The maximum atomic E-state index is 12.2. The van der Waals surface area contributed by atoms with Gasteiger partial charge in [-0.25, -0.2) is 13.1 Å². The summed E-state index contributed by atoms with van der Waals surface area (Å²) in [6.07, 6.45) is 0.688. The van der Waals surface area contributed by atoms with Crippen LogP contribution in [0, 0.1) is 0 Å². The number of carbonyl (C=O) groups excluding carboxylic acids is 1. The van der Waals surface area contributed by atoms with Crippen LogP contribution >= 0.6 is 23.2 Å². The molecule has 0 spiro atoms. The Hall–Kier alpha value is -1.80. The van der Waals surface area contributed by atoms with Gasteiger partial charge in [0.25, 0.3) is 5.91 Å². The molecule has 27 heavy (non-hydrogen) atoms. The predicted molar refractivity (Wildman–Crippen MR) is 107 cm³/mol. The second kappa shape index (κ2) is 9.41. The molecule has 0 aliphatic rings. The Morgan fingerprint density at radius 2 is 1.81 bits per heavy atom. The lowest BCUT2D eigenvalue weighted by atomic mass is 10.3. The number of carbonyl (C=O) groups is 1. The lowest BCUT2D eigenvalue weighted by Gasteiger charge is -2.13. The highest BCUT2D eigenvalue weighted by Gasteiger charge is 2.16. The van der Waals surface area contributed by atoms with Crippen LogP contribution in [0.2, 0.25) is 10.0 Å². The molecule has 0 aliphatic heterocycles. The van der Waals surface area contributed by atoms with Crippen molar-refractivity contribution < 1.29 is 17.9 Å². The number of ether oxygens (including phenoxy) is 1. The molecule has 0 radical (unpaired) electrons. The number of hydrogen-bond donors (Lipinski definition) is 2. The van der Waals surface area contributed by atoms with E-state index in [1.54, 1.807) is 19.1 Å². The van der Waals surface area contributed by atoms with Crippen LogP contribution < -0.4 is 14.8 Å². The van der Waals surface area contributed by atoms with Crippen LogP contribution in [0.3, 0.4) is 0 Å². The van der Waals surface area contributed by atoms with E-state index in [4.69, 9.17) is 27.9 Å².